The Morgan fingerprint density at radius 2 is 2.04 bits per heavy atom. The molecule has 1 aliphatic rings. The normalized spacial score (nSPS) is 21.4. The highest BCUT2D eigenvalue weighted by Crippen LogP contribution is 2.63. The molecule has 0 spiro atoms. The highest BCUT2D eigenvalue weighted by atomic mass is 35.5. The molecule has 1 saturated carbocycles. The van der Waals surface area contributed by atoms with Gasteiger partial charge in [0.15, 0.2) is 5.69 Å². The lowest BCUT2D eigenvalue weighted by Gasteiger charge is -2.13. The van der Waals surface area contributed by atoms with Crippen molar-refractivity contribution in [3.05, 3.63) is 39.0 Å². The van der Waals surface area contributed by atoms with Crippen LogP contribution in [0.2, 0.25) is 10.0 Å². The first-order chi connectivity index (χ1) is 13.0. The van der Waals surface area contributed by atoms with Crippen molar-refractivity contribution in [1.29, 1.82) is 5.26 Å². The molecule has 11 heteroatoms. The molecule has 0 aliphatic heterocycles. The van der Waals surface area contributed by atoms with Gasteiger partial charge in [-0.25, -0.2) is 4.68 Å². The summed E-state index contributed by atoms with van der Waals surface area (Å²) < 4.78 is 39.8. The van der Waals surface area contributed by atoms with Gasteiger partial charge in [-0.2, -0.15) is 23.5 Å². The number of aromatic nitrogens is 2. The summed E-state index contributed by atoms with van der Waals surface area (Å²) >= 11 is 12.0. The maximum absolute atomic E-state index is 12.9. The molecule has 0 saturated heterocycles. The van der Waals surface area contributed by atoms with Crippen molar-refractivity contribution in [2.75, 3.05) is 5.73 Å². The molecule has 6 nitrogen and oxygen atoms in total. The molecule has 0 radical (unpaired) electrons. The zero-order valence-corrected chi connectivity index (χ0v) is 15.8. The number of aliphatic carboxylic acids is 1. The third-order valence-electron chi connectivity index (χ3n) is 5.10. The van der Waals surface area contributed by atoms with E-state index in [-0.39, 0.29) is 39.2 Å². The van der Waals surface area contributed by atoms with Crippen LogP contribution in [0.25, 0.3) is 5.69 Å². The standard InChI is InChI=1S/C17H13Cl2F3N4O2/c1-2-16(15(27)28)5-8(16)12-11(6-23)25-26(14(12)24)13-9(18)3-7(4-10(13)19)17(20,21)22/h3-4,8H,2,5,24H2,1H3,(H,27,28). The summed E-state index contributed by atoms with van der Waals surface area (Å²) in [5.41, 5.74) is 4.01. The van der Waals surface area contributed by atoms with Gasteiger partial charge >= 0.3 is 12.1 Å². The Labute approximate surface area is 167 Å². The molecule has 1 heterocycles. The number of carboxylic acids is 1. The lowest BCUT2D eigenvalue weighted by Crippen LogP contribution is -2.16. The van der Waals surface area contributed by atoms with Gasteiger partial charge in [-0.3, -0.25) is 4.79 Å². The number of benzene rings is 1. The number of halogens is 5. The van der Waals surface area contributed by atoms with Crippen molar-refractivity contribution in [2.24, 2.45) is 5.41 Å². The van der Waals surface area contributed by atoms with Crippen LogP contribution in [0.5, 0.6) is 0 Å². The molecule has 0 bridgehead atoms. The number of carboxylic acid groups (broad SMARTS) is 1. The van der Waals surface area contributed by atoms with Gasteiger partial charge in [-0.1, -0.05) is 30.1 Å². The van der Waals surface area contributed by atoms with Crippen molar-refractivity contribution in [3.8, 4) is 11.8 Å². The Kier molecular flexibility index (Phi) is 4.76. The van der Waals surface area contributed by atoms with E-state index in [0.29, 0.717) is 18.6 Å². The number of anilines is 1. The van der Waals surface area contributed by atoms with E-state index in [9.17, 15) is 28.3 Å². The molecule has 2 atom stereocenters. The molecular formula is C17H13Cl2F3N4O2. The molecule has 1 aromatic carbocycles. The SMILES string of the molecule is CCC1(C(=O)O)CC1c1c(C#N)nn(-c2c(Cl)cc(C(F)(F)F)cc2Cl)c1N. The van der Waals surface area contributed by atoms with E-state index in [4.69, 9.17) is 28.9 Å². The largest absolute Gasteiger partial charge is 0.481 e. The summed E-state index contributed by atoms with van der Waals surface area (Å²) in [5.74, 6) is -1.63. The average molecular weight is 433 g/mol. The lowest BCUT2D eigenvalue weighted by molar-refractivity contribution is -0.143. The van der Waals surface area contributed by atoms with Gasteiger partial charge in [0.25, 0.3) is 0 Å². The van der Waals surface area contributed by atoms with Gasteiger partial charge < -0.3 is 10.8 Å². The molecule has 3 rings (SSSR count). The maximum atomic E-state index is 12.9. The Morgan fingerprint density at radius 3 is 2.43 bits per heavy atom. The Bertz CT molecular complexity index is 1010. The molecule has 148 valence electrons. The van der Waals surface area contributed by atoms with Crippen LogP contribution in [-0.2, 0) is 11.0 Å². The second-order valence-corrected chi connectivity index (χ2v) is 7.34. The number of nitrogens with zero attached hydrogens (tertiary/aromatic N) is 3. The number of hydrogen-bond acceptors (Lipinski definition) is 4. The third kappa shape index (κ3) is 2.97. The molecule has 1 aromatic heterocycles. The van der Waals surface area contributed by atoms with E-state index in [1.807, 2.05) is 6.07 Å². The molecule has 2 aromatic rings. The third-order valence-corrected chi connectivity index (χ3v) is 5.68. The summed E-state index contributed by atoms with van der Waals surface area (Å²) in [6, 6.07) is 3.21. The molecule has 28 heavy (non-hydrogen) atoms. The summed E-state index contributed by atoms with van der Waals surface area (Å²) in [6.45, 7) is 1.71. The fraction of sp³-hybridized carbons (Fsp3) is 0.353. The predicted molar refractivity (Wildman–Crippen MR) is 95.4 cm³/mol. The quantitative estimate of drug-likeness (QED) is 0.732. The summed E-state index contributed by atoms with van der Waals surface area (Å²) in [5, 5.41) is 22.2. The minimum absolute atomic E-state index is 0.0818. The summed E-state index contributed by atoms with van der Waals surface area (Å²) in [7, 11) is 0. The Morgan fingerprint density at radius 1 is 1.46 bits per heavy atom. The second-order valence-electron chi connectivity index (χ2n) is 6.53. The van der Waals surface area contributed by atoms with Crippen molar-refractivity contribution >= 4 is 35.0 Å². The van der Waals surface area contributed by atoms with Gasteiger partial charge in [-0.05, 0) is 25.0 Å². The monoisotopic (exact) mass is 432 g/mol. The zero-order chi connectivity index (χ0) is 21.0. The minimum atomic E-state index is -4.65. The first kappa shape index (κ1) is 20.3. The molecule has 1 aliphatic carbocycles. The van der Waals surface area contributed by atoms with E-state index in [1.54, 1.807) is 6.92 Å². The van der Waals surface area contributed by atoms with Gasteiger partial charge in [0.2, 0.25) is 0 Å². The zero-order valence-electron chi connectivity index (χ0n) is 14.3. The highest BCUT2D eigenvalue weighted by Gasteiger charge is 2.61. The summed E-state index contributed by atoms with van der Waals surface area (Å²) in [6.07, 6.45) is -4.05. The fourth-order valence-corrected chi connectivity index (χ4v) is 4.08. The fourth-order valence-electron chi connectivity index (χ4n) is 3.43. The molecule has 2 unspecified atom stereocenters. The van der Waals surface area contributed by atoms with Gasteiger partial charge in [0.05, 0.1) is 21.0 Å². The average Bonchev–Trinajstić information content (AvgIpc) is 3.25. The first-order valence-corrected chi connectivity index (χ1v) is 8.82. The van der Waals surface area contributed by atoms with Crippen molar-refractivity contribution in [2.45, 2.75) is 31.9 Å². The van der Waals surface area contributed by atoms with Crippen LogP contribution < -0.4 is 5.73 Å². The van der Waals surface area contributed by atoms with Gasteiger partial charge in [0.1, 0.15) is 17.6 Å². The van der Waals surface area contributed by atoms with Crippen LogP contribution >= 0.6 is 23.2 Å². The number of alkyl halides is 3. The van der Waals surface area contributed by atoms with E-state index < -0.39 is 29.0 Å². The predicted octanol–water partition coefficient (Wildman–Crippen LogP) is 4.62. The van der Waals surface area contributed by atoms with Crippen LogP contribution in [0.4, 0.5) is 19.0 Å². The van der Waals surface area contributed by atoms with Gasteiger partial charge in [0, 0.05) is 11.5 Å². The molecular weight excluding hydrogens is 420 g/mol. The number of nitriles is 1. The maximum Gasteiger partial charge on any atom is 0.416 e. The van der Waals surface area contributed by atoms with Crippen LogP contribution in [0.1, 0.15) is 42.5 Å². The second kappa shape index (κ2) is 6.57. The Hall–Kier alpha value is -2.44. The molecule has 1 fully saturated rings. The van der Waals surface area contributed by atoms with Crippen molar-refractivity contribution in [3.63, 3.8) is 0 Å². The smallest absolute Gasteiger partial charge is 0.416 e. The van der Waals surface area contributed by atoms with E-state index in [1.165, 1.54) is 0 Å². The molecule has 3 N–H and O–H groups in total. The number of hydrogen-bond donors (Lipinski definition) is 2. The van der Waals surface area contributed by atoms with Gasteiger partial charge in [-0.15, -0.1) is 0 Å². The van der Waals surface area contributed by atoms with Crippen molar-refractivity contribution in [1.82, 2.24) is 9.78 Å². The highest BCUT2D eigenvalue weighted by molar-refractivity contribution is 6.38. The number of rotatable bonds is 4. The summed E-state index contributed by atoms with van der Waals surface area (Å²) in [4.78, 5) is 11.6. The number of carbonyl (C=O) groups is 1. The minimum Gasteiger partial charge on any atom is -0.481 e. The lowest BCUT2D eigenvalue weighted by atomic mass is 9.96. The van der Waals surface area contributed by atoms with Crippen LogP contribution in [0, 0.1) is 16.7 Å². The van der Waals surface area contributed by atoms with E-state index in [2.05, 4.69) is 5.10 Å². The topological polar surface area (TPSA) is 105 Å². The molecule has 0 amide bonds. The van der Waals surface area contributed by atoms with E-state index in [0.717, 1.165) is 4.68 Å². The number of nitrogens with two attached hydrogens (primary N) is 1. The van der Waals surface area contributed by atoms with Crippen molar-refractivity contribution < 1.29 is 23.1 Å². The van der Waals surface area contributed by atoms with Crippen LogP contribution in [0.15, 0.2) is 12.1 Å². The van der Waals surface area contributed by atoms with E-state index >= 15 is 0 Å². The van der Waals surface area contributed by atoms with Crippen LogP contribution in [-0.4, -0.2) is 20.9 Å². The van der Waals surface area contributed by atoms with Crippen LogP contribution in [0.3, 0.4) is 0 Å². The Balaban J connectivity index is 2.16. The first-order valence-electron chi connectivity index (χ1n) is 8.06. The number of nitrogen functional groups attached to an aromatic ring is 1.